The third-order valence-electron chi connectivity index (χ3n) is 3.08. The number of carbonyl (C=O) groups is 1. The van der Waals surface area contributed by atoms with Gasteiger partial charge in [-0.2, -0.15) is 0 Å². The quantitative estimate of drug-likeness (QED) is 0.776. The lowest BCUT2D eigenvalue weighted by Crippen LogP contribution is -2.06. The lowest BCUT2D eigenvalue weighted by molar-refractivity contribution is 0.0991. The van der Waals surface area contributed by atoms with E-state index >= 15 is 0 Å². The molecule has 0 N–H and O–H groups in total. The van der Waals surface area contributed by atoms with Gasteiger partial charge < -0.3 is 4.74 Å². The Balaban J connectivity index is 2.21. The van der Waals surface area contributed by atoms with Gasteiger partial charge in [0.25, 0.3) is 0 Å². The second-order valence-corrected chi connectivity index (χ2v) is 5.44. The van der Waals surface area contributed by atoms with Gasteiger partial charge in [0, 0.05) is 16.5 Å². The lowest BCUT2D eigenvalue weighted by atomic mass is 10.0. The Hall–Kier alpha value is -1.68. The first-order valence-electron chi connectivity index (χ1n) is 6.13. The van der Waals surface area contributed by atoms with Gasteiger partial charge >= 0.3 is 0 Å². The van der Waals surface area contributed by atoms with E-state index in [9.17, 15) is 9.18 Å². The van der Waals surface area contributed by atoms with Gasteiger partial charge in [0.15, 0.2) is 5.78 Å². The van der Waals surface area contributed by atoms with Crippen molar-refractivity contribution in [2.45, 2.75) is 13.3 Å². The zero-order valence-corrected chi connectivity index (χ0v) is 12.8. The van der Waals surface area contributed by atoms with Crippen LogP contribution < -0.4 is 4.74 Å². The molecule has 104 valence electrons. The fourth-order valence-corrected chi connectivity index (χ4v) is 2.33. The van der Waals surface area contributed by atoms with Crippen molar-refractivity contribution in [1.29, 1.82) is 0 Å². The van der Waals surface area contributed by atoms with Crippen LogP contribution in [-0.4, -0.2) is 12.9 Å². The van der Waals surface area contributed by atoms with E-state index in [-0.39, 0.29) is 18.0 Å². The third kappa shape index (κ3) is 3.25. The number of hydrogen-bond donors (Lipinski definition) is 0. The van der Waals surface area contributed by atoms with Gasteiger partial charge in [-0.1, -0.05) is 22.0 Å². The number of hydrogen-bond acceptors (Lipinski definition) is 2. The maximum atomic E-state index is 13.7. The highest BCUT2D eigenvalue weighted by molar-refractivity contribution is 9.10. The SMILES string of the molecule is COc1ccc(C(=O)Cc2ccc(Br)cc2F)cc1C. The molecule has 20 heavy (non-hydrogen) atoms. The molecule has 2 rings (SSSR count). The predicted octanol–water partition coefficient (Wildman–Crippen LogP) is 4.33. The molecular weight excluding hydrogens is 323 g/mol. The Morgan fingerprint density at radius 3 is 2.60 bits per heavy atom. The molecular formula is C16H14BrFO2. The highest BCUT2D eigenvalue weighted by Crippen LogP contribution is 2.21. The first-order valence-corrected chi connectivity index (χ1v) is 6.92. The summed E-state index contributed by atoms with van der Waals surface area (Å²) in [6, 6.07) is 9.92. The van der Waals surface area contributed by atoms with E-state index in [2.05, 4.69) is 15.9 Å². The number of aryl methyl sites for hydroxylation is 1. The van der Waals surface area contributed by atoms with E-state index in [1.54, 1.807) is 37.4 Å². The molecule has 0 bridgehead atoms. The lowest BCUT2D eigenvalue weighted by Gasteiger charge is -2.07. The monoisotopic (exact) mass is 336 g/mol. The summed E-state index contributed by atoms with van der Waals surface area (Å²) in [6.45, 7) is 1.87. The summed E-state index contributed by atoms with van der Waals surface area (Å²) in [7, 11) is 1.58. The summed E-state index contributed by atoms with van der Waals surface area (Å²) >= 11 is 3.19. The molecule has 0 saturated heterocycles. The summed E-state index contributed by atoms with van der Waals surface area (Å²) in [6.07, 6.45) is 0.0465. The van der Waals surface area contributed by atoms with Crippen LogP contribution >= 0.6 is 15.9 Å². The second-order valence-electron chi connectivity index (χ2n) is 4.52. The topological polar surface area (TPSA) is 26.3 Å². The van der Waals surface area contributed by atoms with Crippen LogP contribution in [0.3, 0.4) is 0 Å². The molecule has 0 aliphatic heterocycles. The minimum atomic E-state index is -0.377. The third-order valence-corrected chi connectivity index (χ3v) is 3.58. The van der Waals surface area contributed by atoms with Crippen molar-refractivity contribution in [3.63, 3.8) is 0 Å². The Bertz CT molecular complexity index is 653. The average molecular weight is 337 g/mol. The van der Waals surface area contributed by atoms with Crippen LogP contribution in [0.2, 0.25) is 0 Å². The minimum absolute atomic E-state index is 0.0465. The van der Waals surface area contributed by atoms with Gasteiger partial charge in [-0.05, 0) is 48.4 Å². The van der Waals surface area contributed by atoms with Crippen molar-refractivity contribution in [2.24, 2.45) is 0 Å². The highest BCUT2D eigenvalue weighted by Gasteiger charge is 2.12. The fraction of sp³-hybridized carbons (Fsp3) is 0.188. The maximum absolute atomic E-state index is 13.7. The Kier molecular flexibility index (Phi) is 4.55. The zero-order valence-electron chi connectivity index (χ0n) is 11.2. The van der Waals surface area contributed by atoms with Gasteiger partial charge in [0.05, 0.1) is 7.11 Å². The number of carbonyl (C=O) groups excluding carboxylic acids is 1. The van der Waals surface area contributed by atoms with Crippen molar-refractivity contribution >= 4 is 21.7 Å². The molecule has 0 amide bonds. The number of ketones is 1. The van der Waals surface area contributed by atoms with Crippen LogP contribution in [0.15, 0.2) is 40.9 Å². The molecule has 0 unspecified atom stereocenters. The highest BCUT2D eigenvalue weighted by atomic mass is 79.9. The largest absolute Gasteiger partial charge is 0.496 e. The number of halogens is 2. The zero-order chi connectivity index (χ0) is 14.7. The molecule has 2 aromatic carbocycles. The van der Waals surface area contributed by atoms with Crippen LogP contribution in [0.5, 0.6) is 5.75 Å². The van der Waals surface area contributed by atoms with Gasteiger partial charge in [0.1, 0.15) is 11.6 Å². The smallest absolute Gasteiger partial charge is 0.167 e. The summed E-state index contributed by atoms with van der Waals surface area (Å²) in [4.78, 5) is 12.2. The van der Waals surface area contributed by atoms with Crippen LogP contribution in [0.4, 0.5) is 4.39 Å². The number of ether oxygens (including phenoxy) is 1. The first kappa shape index (κ1) is 14.7. The van der Waals surface area contributed by atoms with Crippen molar-refractivity contribution in [2.75, 3.05) is 7.11 Å². The fourth-order valence-electron chi connectivity index (χ4n) is 1.99. The maximum Gasteiger partial charge on any atom is 0.167 e. The van der Waals surface area contributed by atoms with Crippen molar-refractivity contribution in [1.82, 2.24) is 0 Å². The normalized spacial score (nSPS) is 10.4. The number of Topliss-reactive ketones (excluding diaryl/α,β-unsaturated/α-hetero) is 1. The molecule has 0 saturated carbocycles. The predicted molar refractivity (Wildman–Crippen MR) is 79.9 cm³/mol. The molecule has 2 nitrogen and oxygen atoms in total. The Morgan fingerprint density at radius 2 is 2.00 bits per heavy atom. The van der Waals surface area contributed by atoms with Gasteiger partial charge in [-0.3, -0.25) is 4.79 Å². The minimum Gasteiger partial charge on any atom is -0.496 e. The summed E-state index contributed by atoms with van der Waals surface area (Å²) in [5.74, 6) is 0.242. The van der Waals surface area contributed by atoms with Gasteiger partial charge in [-0.25, -0.2) is 4.39 Å². The van der Waals surface area contributed by atoms with Crippen molar-refractivity contribution in [3.8, 4) is 5.75 Å². The number of methoxy groups -OCH3 is 1. The first-order chi connectivity index (χ1) is 9.51. The van der Waals surface area contributed by atoms with Crippen molar-refractivity contribution in [3.05, 3.63) is 63.4 Å². The molecule has 4 heteroatoms. The van der Waals surface area contributed by atoms with Gasteiger partial charge in [-0.15, -0.1) is 0 Å². The molecule has 0 aromatic heterocycles. The summed E-state index contributed by atoms with van der Waals surface area (Å²) in [5, 5.41) is 0. The molecule has 0 atom stereocenters. The molecule has 0 spiro atoms. The van der Waals surface area contributed by atoms with E-state index in [1.807, 2.05) is 6.92 Å². The second kappa shape index (κ2) is 6.18. The number of benzene rings is 2. The van der Waals surface area contributed by atoms with Crippen LogP contribution in [0, 0.1) is 12.7 Å². The summed E-state index contributed by atoms with van der Waals surface area (Å²) in [5.41, 5.74) is 1.84. The molecule has 2 aromatic rings. The molecule has 0 radical (unpaired) electrons. The Morgan fingerprint density at radius 1 is 1.25 bits per heavy atom. The number of rotatable bonds is 4. The molecule has 0 aliphatic carbocycles. The van der Waals surface area contributed by atoms with E-state index in [4.69, 9.17) is 4.74 Å². The average Bonchev–Trinajstić information content (AvgIpc) is 2.41. The molecule has 0 aliphatic rings. The van der Waals surface area contributed by atoms with Crippen LogP contribution in [-0.2, 0) is 6.42 Å². The molecule has 0 fully saturated rings. The van der Waals surface area contributed by atoms with Gasteiger partial charge in [0.2, 0.25) is 0 Å². The van der Waals surface area contributed by atoms with E-state index in [0.717, 1.165) is 11.3 Å². The van der Waals surface area contributed by atoms with E-state index < -0.39 is 0 Å². The standard InChI is InChI=1S/C16H14BrFO2/c1-10-7-12(4-6-16(10)20-2)15(19)8-11-3-5-13(17)9-14(11)18/h3-7,9H,8H2,1-2H3. The van der Waals surface area contributed by atoms with Crippen LogP contribution in [0.1, 0.15) is 21.5 Å². The van der Waals surface area contributed by atoms with Crippen LogP contribution in [0.25, 0.3) is 0 Å². The molecule has 0 heterocycles. The Labute approximate surface area is 125 Å². The van der Waals surface area contributed by atoms with Crippen molar-refractivity contribution < 1.29 is 13.9 Å². The van der Waals surface area contributed by atoms with E-state index in [1.165, 1.54) is 6.07 Å². The summed E-state index contributed by atoms with van der Waals surface area (Å²) < 4.78 is 19.5. The van der Waals surface area contributed by atoms with E-state index in [0.29, 0.717) is 15.6 Å².